The zero-order valence-electron chi connectivity index (χ0n) is 29.1. The zero-order valence-corrected chi connectivity index (χ0v) is 29.1. The number of Topliss-reactive ketones (excluding diaryl/α,β-unsaturated/α-hetero) is 2. The highest BCUT2D eigenvalue weighted by Crippen LogP contribution is 2.39. The van der Waals surface area contributed by atoms with Gasteiger partial charge in [-0.25, -0.2) is 17.6 Å². The van der Waals surface area contributed by atoms with Crippen molar-refractivity contribution in [3.8, 4) is 22.5 Å². The van der Waals surface area contributed by atoms with Crippen LogP contribution in [0.25, 0.3) is 44.3 Å². The fourth-order valence-corrected chi connectivity index (χ4v) is 8.51. The van der Waals surface area contributed by atoms with Crippen LogP contribution in [0.4, 0.5) is 17.6 Å². The SMILES string of the molecule is O=C1COCc2c(-c3cc(F)c([C@@H]4CCCN4)c(F)c3)[nH]c3cccc1c23.O=C1COCc2c(-c3cc(F)c([C@H]4CCCN4)c(F)c3)[nH]c3cccc1c23. The summed E-state index contributed by atoms with van der Waals surface area (Å²) in [6.07, 6.45) is 3.27. The molecule has 276 valence electrons. The van der Waals surface area contributed by atoms with Gasteiger partial charge in [0.05, 0.1) is 24.6 Å². The van der Waals surface area contributed by atoms with Gasteiger partial charge in [-0.2, -0.15) is 0 Å². The van der Waals surface area contributed by atoms with E-state index in [1.165, 1.54) is 24.3 Å². The number of carbonyl (C=O) groups excluding carboxylic acids is 2. The molecule has 4 aromatic carbocycles. The van der Waals surface area contributed by atoms with Gasteiger partial charge in [0.1, 0.15) is 36.5 Å². The fourth-order valence-electron chi connectivity index (χ4n) is 8.51. The second kappa shape index (κ2) is 13.9. The lowest BCUT2D eigenvalue weighted by molar-refractivity contribution is 0.0738. The molecule has 12 heteroatoms. The van der Waals surface area contributed by atoms with Gasteiger partial charge < -0.3 is 30.1 Å². The number of benzene rings is 4. The molecule has 0 bridgehead atoms. The molecule has 0 amide bonds. The van der Waals surface area contributed by atoms with E-state index in [2.05, 4.69) is 20.6 Å². The summed E-state index contributed by atoms with van der Waals surface area (Å²) in [6.45, 7) is 1.97. The Labute approximate surface area is 307 Å². The van der Waals surface area contributed by atoms with Crippen molar-refractivity contribution in [3.63, 3.8) is 0 Å². The van der Waals surface area contributed by atoms with Crippen LogP contribution >= 0.6 is 0 Å². The van der Waals surface area contributed by atoms with E-state index in [9.17, 15) is 27.2 Å². The number of aromatic amines is 2. The van der Waals surface area contributed by atoms with Crippen molar-refractivity contribution in [3.05, 3.63) is 117 Å². The number of hydrogen-bond acceptors (Lipinski definition) is 6. The first kappa shape index (κ1) is 34.6. The first-order valence-electron chi connectivity index (χ1n) is 18.2. The molecule has 0 spiro atoms. The van der Waals surface area contributed by atoms with Crippen LogP contribution in [-0.4, -0.2) is 47.8 Å². The summed E-state index contributed by atoms with van der Waals surface area (Å²) in [4.78, 5) is 31.0. The van der Waals surface area contributed by atoms with Crippen molar-refractivity contribution in [2.45, 2.75) is 51.0 Å². The number of nitrogens with one attached hydrogen (secondary N) is 4. The minimum absolute atomic E-state index is 0.00223. The van der Waals surface area contributed by atoms with E-state index in [1.807, 2.05) is 12.1 Å². The monoisotopic (exact) mass is 736 g/mol. The summed E-state index contributed by atoms with van der Waals surface area (Å²) < 4.78 is 70.2. The van der Waals surface area contributed by atoms with Crippen molar-refractivity contribution in [2.75, 3.05) is 26.3 Å². The molecule has 2 saturated heterocycles. The van der Waals surface area contributed by atoms with Crippen LogP contribution in [0.2, 0.25) is 0 Å². The summed E-state index contributed by atoms with van der Waals surface area (Å²) in [5, 5.41) is 7.84. The number of hydrogen-bond donors (Lipinski definition) is 4. The van der Waals surface area contributed by atoms with Gasteiger partial charge in [0.25, 0.3) is 0 Å². The predicted octanol–water partition coefficient (Wildman–Crippen LogP) is 8.50. The summed E-state index contributed by atoms with van der Waals surface area (Å²) in [7, 11) is 0. The highest BCUT2D eigenvalue weighted by atomic mass is 19.1. The molecule has 54 heavy (non-hydrogen) atoms. The molecule has 0 unspecified atom stereocenters. The Hall–Kier alpha value is -5.14. The molecule has 0 radical (unpaired) electrons. The normalized spacial score (nSPS) is 19.6. The second-order valence-electron chi connectivity index (χ2n) is 14.3. The van der Waals surface area contributed by atoms with Crippen molar-refractivity contribution in [2.24, 2.45) is 0 Å². The van der Waals surface area contributed by atoms with Crippen LogP contribution < -0.4 is 10.6 Å². The zero-order chi connectivity index (χ0) is 37.1. The van der Waals surface area contributed by atoms with Crippen LogP contribution in [0.3, 0.4) is 0 Å². The topological polar surface area (TPSA) is 108 Å². The van der Waals surface area contributed by atoms with E-state index >= 15 is 0 Å². The summed E-state index contributed by atoms with van der Waals surface area (Å²) in [5.41, 5.74) is 6.43. The van der Waals surface area contributed by atoms with Gasteiger partial charge in [0, 0.05) is 78.4 Å². The molecule has 4 N–H and O–H groups in total. The van der Waals surface area contributed by atoms with Gasteiger partial charge in [-0.1, -0.05) is 24.3 Å². The van der Waals surface area contributed by atoms with E-state index in [1.54, 1.807) is 24.3 Å². The van der Waals surface area contributed by atoms with Gasteiger partial charge in [0.15, 0.2) is 11.6 Å². The molecule has 2 aromatic heterocycles. The third kappa shape index (κ3) is 5.94. The van der Waals surface area contributed by atoms with Crippen molar-refractivity contribution in [1.29, 1.82) is 0 Å². The average Bonchev–Trinajstić information content (AvgIpc) is 3.96. The van der Waals surface area contributed by atoms with Gasteiger partial charge in [-0.05, 0) is 75.2 Å². The van der Waals surface area contributed by atoms with Gasteiger partial charge in [-0.15, -0.1) is 0 Å². The lowest BCUT2D eigenvalue weighted by Gasteiger charge is -2.14. The maximum Gasteiger partial charge on any atom is 0.189 e. The van der Waals surface area contributed by atoms with Crippen molar-refractivity contribution >= 4 is 33.4 Å². The van der Waals surface area contributed by atoms with Crippen molar-refractivity contribution in [1.82, 2.24) is 20.6 Å². The highest BCUT2D eigenvalue weighted by Gasteiger charge is 2.29. The molecule has 6 aromatic rings. The maximum absolute atomic E-state index is 14.8. The van der Waals surface area contributed by atoms with Gasteiger partial charge in [0.2, 0.25) is 0 Å². The Morgan fingerprint density at radius 2 is 0.963 bits per heavy atom. The molecule has 10 rings (SSSR count). The molecule has 0 saturated carbocycles. The lowest BCUT2D eigenvalue weighted by atomic mass is 9.98. The first-order valence-corrected chi connectivity index (χ1v) is 18.2. The average molecular weight is 737 g/mol. The molecule has 0 aliphatic carbocycles. The number of halogens is 4. The van der Waals surface area contributed by atoms with Crippen LogP contribution in [0.5, 0.6) is 0 Å². The number of H-pyrrole nitrogens is 2. The van der Waals surface area contributed by atoms with Crippen molar-refractivity contribution < 1.29 is 36.6 Å². The van der Waals surface area contributed by atoms with Crippen LogP contribution in [0.1, 0.15) is 80.7 Å². The Morgan fingerprint density at radius 1 is 0.556 bits per heavy atom. The van der Waals surface area contributed by atoms with E-state index in [0.717, 1.165) is 71.7 Å². The Bertz CT molecular complexity index is 2260. The minimum atomic E-state index is -0.555. The minimum Gasteiger partial charge on any atom is -0.369 e. The number of rotatable bonds is 4. The molecular weight excluding hydrogens is 700 g/mol. The second-order valence-corrected chi connectivity index (χ2v) is 14.3. The van der Waals surface area contributed by atoms with E-state index in [0.29, 0.717) is 33.6 Å². The van der Waals surface area contributed by atoms with Crippen LogP contribution in [0.15, 0.2) is 60.7 Å². The Kier molecular flexibility index (Phi) is 8.93. The van der Waals surface area contributed by atoms with E-state index in [4.69, 9.17) is 9.47 Å². The van der Waals surface area contributed by atoms with Crippen LogP contribution in [0, 0.1) is 23.3 Å². The molecule has 4 aliphatic rings. The first-order chi connectivity index (χ1) is 26.3. The number of carbonyl (C=O) groups is 2. The highest BCUT2D eigenvalue weighted by molar-refractivity contribution is 6.12. The fraction of sp³-hybridized carbons (Fsp3) is 0.286. The predicted molar refractivity (Wildman–Crippen MR) is 195 cm³/mol. The van der Waals surface area contributed by atoms with E-state index in [-0.39, 0.29) is 61.2 Å². The Morgan fingerprint density at radius 3 is 1.33 bits per heavy atom. The molecule has 8 nitrogen and oxygen atoms in total. The lowest BCUT2D eigenvalue weighted by Crippen LogP contribution is -2.16. The maximum atomic E-state index is 14.8. The van der Waals surface area contributed by atoms with Crippen LogP contribution in [-0.2, 0) is 22.7 Å². The third-order valence-corrected chi connectivity index (χ3v) is 11.0. The number of ether oxygens (including phenoxy) is 2. The van der Waals surface area contributed by atoms with E-state index < -0.39 is 23.3 Å². The quantitative estimate of drug-likeness (QED) is 0.135. The Balaban J connectivity index is 0.000000142. The number of ketones is 2. The third-order valence-electron chi connectivity index (χ3n) is 11.0. The largest absolute Gasteiger partial charge is 0.369 e. The number of aromatic nitrogens is 2. The molecule has 6 heterocycles. The molecular formula is C42H36F4N4O4. The molecule has 2 fully saturated rings. The molecule has 4 aliphatic heterocycles. The smallest absolute Gasteiger partial charge is 0.189 e. The molecule has 2 atom stereocenters. The standard InChI is InChI=1S/2C21H18F2N2O2/c2*22-14-7-11(8-15(23)20(14)16-5-2-6-24-16)21-13-9-27-10-18(26)12-3-1-4-17(25-21)19(12)13/h2*1,3-4,7-8,16,24-25H,2,5-6,9-10H2/t2*16-/m10/s1. The summed E-state index contributed by atoms with van der Waals surface area (Å²) in [5.74, 6) is -2.40. The summed E-state index contributed by atoms with van der Waals surface area (Å²) in [6, 6.07) is 15.7. The van der Waals surface area contributed by atoms with Gasteiger partial charge in [-0.3, -0.25) is 9.59 Å². The summed E-state index contributed by atoms with van der Waals surface area (Å²) >= 11 is 0. The van der Waals surface area contributed by atoms with Gasteiger partial charge >= 0.3 is 0 Å².